The molecule has 0 amide bonds. The Bertz CT molecular complexity index is 1530. The van der Waals surface area contributed by atoms with Crippen molar-refractivity contribution in [2.24, 2.45) is 5.92 Å². The van der Waals surface area contributed by atoms with Crippen LogP contribution in [0.25, 0.3) is 10.8 Å². The van der Waals surface area contributed by atoms with E-state index in [1.165, 1.54) is 10.4 Å². The number of ether oxygens (including phenoxy) is 1. The van der Waals surface area contributed by atoms with Crippen molar-refractivity contribution in [1.82, 2.24) is 0 Å². The van der Waals surface area contributed by atoms with Crippen molar-refractivity contribution >= 4 is 32.5 Å². The Morgan fingerprint density at radius 3 is 2.54 bits per heavy atom. The third-order valence-corrected chi connectivity index (χ3v) is 8.10. The van der Waals surface area contributed by atoms with Crippen molar-refractivity contribution in [3.8, 4) is 5.75 Å². The van der Waals surface area contributed by atoms with Crippen LogP contribution >= 0.6 is 0 Å². The molecule has 1 unspecified atom stereocenters. The Morgan fingerprint density at radius 1 is 0.971 bits per heavy atom. The lowest BCUT2D eigenvalue weighted by Crippen LogP contribution is -2.42. The van der Waals surface area contributed by atoms with Gasteiger partial charge in [0.05, 0.1) is 16.5 Å². The maximum Gasteiger partial charge on any atom is 0.308 e. The molecule has 1 heterocycles. The van der Waals surface area contributed by atoms with Crippen molar-refractivity contribution in [2.75, 3.05) is 10.8 Å². The van der Waals surface area contributed by atoms with Crippen molar-refractivity contribution in [1.29, 1.82) is 0 Å². The second kappa shape index (κ2) is 9.07. The molecule has 7 heteroatoms. The summed E-state index contributed by atoms with van der Waals surface area (Å²) < 4.78 is 34.4. The zero-order valence-corrected chi connectivity index (χ0v) is 20.0. The lowest BCUT2D eigenvalue weighted by Gasteiger charge is -2.34. The number of anilines is 1. The van der Waals surface area contributed by atoms with Gasteiger partial charge in [0, 0.05) is 12.6 Å². The summed E-state index contributed by atoms with van der Waals surface area (Å²) in [6, 6.07) is 26.1. The number of aliphatic carboxylic acids is 1. The Hall–Kier alpha value is -3.84. The highest BCUT2D eigenvalue weighted by Crippen LogP contribution is 2.37. The summed E-state index contributed by atoms with van der Waals surface area (Å²) in [6.07, 6.45) is 0.259. The van der Waals surface area contributed by atoms with Gasteiger partial charge in [0.2, 0.25) is 0 Å². The molecule has 1 N–H and O–H groups in total. The summed E-state index contributed by atoms with van der Waals surface area (Å²) in [4.78, 5) is 11.9. The van der Waals surface area contributed by atoms with Crippen LogP contribution < -0.4 is 9.04 Å². The molecule has 0 fully saturated rings. The van der Waals surface area contributed by atoms with Crippen molar-refractivity contribution in [3.05, 3.63) is 102 Å². The molecule has 0 saturated heterocycles. The van der Waals surface area contributed by atoms with Gasteiger partial charge in [-0.25, -0.2) is 8.42 Å². The second-order valence-electron chi connectivity index (χ2n) is 8.85. The van der Waals surface area contributed by atoms with E-state index in [2.05, 4.69) is 12.1 Å². The van der Waals surface area contributed by atoms with E-state index in [4.69, 9.17) is 4.74 Å². The number of aryl methyl sites for hydroxylation is 1. The van der Waals surface area contributed by atoms with Crippen molar-refractivity contribution in [3.63, 3.8) is 0 Å². The minimum atomic E-state index is -3.96. The quantitative estimate of drug-likeness (QED) is 0.405. The van der Waals surface area contributed by atoms with Gasteiger partial charge in [-0.1, -0.05) is 54.6 Å². The van der Waals surface area contributed by atoms with Crippen LogP contribution in [-0.2, 0) is 27.8 Å². The van der Waals surface area contributed by atoms with Gasteiger partial charge in [0.15, 0.2) is 0 Å². The van der Waals surface area contributed by atoms with Gasteiger partial charge in [-0.3, -0.25) is 9.10 Å². The number of fused-ring (bicyclic) bond motifs is 2. The zero-order valence-electron chi connectivity index (χ0n) is 19.2. The number of sulfonamides is 1. The van der Waals surface area contributed by atoms with E-state index in [1.807, 2.05) is 43.3 Å². The van der Waals surface area contributed by atoms with Gasteiger partial charge >= 0.3 is 5.97 Å². The molecule has 0 saturated carbocycles. The zero-order chi connectivity index (χ0) is 24.6. The molecule has 0 aliphatic carbocycles. The molecule has 6 nitrogen and oxygen atoms in total. The number of hydrogen-bond acceptors (Lipinski definition) is 4. The standard InChI is InChI=1S/C28H25NO5S/c1-19-5-4-8-26(13-19)35(32,33)29-17-24(28(30)31)15-23-11-12-25(16-27(23)29)34-18-20-9-10-21-6-2-3-7-22(21)14-20/h2-14,16,24H,15,17-18H2,1H3,(H,30,31). The van der Waals surface area contributed by atoms with Crippen LogP contribution in [0.5, 0.6) is 5.75 Å². The fourth-order valence-electron chi connectivity index (χ4n) is 4.46. The van der Waals surface area contributed by atoms with E-state index in [9.17, 15) is 18.3 Å². The monoisotopic (exact) mass is 487 g/mol. The summed E-state index contributed by atoms with van der Waals surface area (Å²) in [5.74, 6) is -1.32. The van der Waals surface area contributed by atoms with E-state index in [0.29, 0.717) is 23.6 Å². The highest BCUT2D eigenvalue weighted by Gasteiger charge is 2.36. The van der Waals surface area contributed by atoms with Crippen LogP contribution in [0.15, 0.2) is 89.8 Å². The molecule has 4 aromatic rings. The molecule has 1 aliphatic heterocycles. The number of carboxylic acid groups (broad SMARTS) is 1. The Kier molecular flexibility index (Phi) is 5.94. The molecule has 4 aromatic carbocycles. The number of nitrogens with zero attached hydrogens (tertiary/aromatic N) is 1. The molecule has 1 aliphatic rings. The summed E-state index contributed by atoms with van der Waals surface area (Å²) >= 11 is 0. The fraction of sp³-hybridized carbons (Fsp3) is 0.179. The smallest absolute Gasteiger partial charge is 0.308 e. The first-order chi connectivity index (χ1) is 16.8. The number of carbonyl (C=O) groups is 1. The van der Waals surface area contributed by atoms with Gasteiger partial charge in [0.25, 0.3) is 10.0 Å². The average molecular weight is 488 g/mol. The van der Waals surface area contributed by atoms with E-state index in [1.54, 1.807) is 30.3 Å². The number of benzene rings is 4. The summed E-state index contributed by atoms with van der Waals surface area (Å²) in [6.45, 7) is 2.01. The van der Waals surface area contributed by atoms with E-state index in [-0.39, 0.29) is 17.9 Å². The molecule has 0 spiro atoms. The molecule has 0 aromatic heterocycles. The highest BCUT2D eigenvalue weighted by molar-refractivity contribution is 7.92. The number of hydrogen-bond donors (Lipinski definition) is 1. The van der Waals surface area contributed by atoms with E-state index < -0.39 is 21.9 Å². The third-order valence-electron chi connectivity index (χ3n) is 6.32. The minimum Gasteiger partial charge on any atom is -0.489 e. The summed E-state index contributed by atoms with van der Waals surface area (Å²) in [5, 5.41) is 11.9. The number of rotatable bonds is 6. The van der Waals surface area contributed by atoms with Gasteiger partial charge in [-0.15, -0.1) is 0 Å². The van der Waals surface area contributed by atoms with Crippen molar-refractivity contribution < 1.29 is 23.1 Å². The van der Waals surface area contributed by atoms with Crippen LogP contribution in [0.2, 0.25) is 0 Å². The molecule has 178 valence electrons. The normalized spacial score (nSPS) is 15.6. The second-order valence-corrected chi connectivity index (χ2v) is 10.7. The maximum absolute atomic E-state index is 13.6. The average Bonchev–Trinajstić information content (AvgIpc) is 2.86. The topological polar surface area (TPSA) is 83.9 Å². The van der Waals surface area contributed by atoms with E-state index in [0.717, 1.165) is 21.9 Å². The largest absolute Gasteiger partial charge is 0.489 e. The first kappa shape index (κ1) is 22.9. The Labute approximate surface area is 204 Å². The van der Waals surface area contributed by atoms with Gasteiger partial charge < -0.3 is 9.84 Å². The maximum atomic E-state index is 13.6. The molecule has 0 bridgehead atoms. The molecule has 35 heavy (non-hydrogen) atoms. The first-order valence-electron chi connectivity index (χ1n) is 11.4. The molecule has 5 rings (SSSR count). The predicted octanol–water partition coefficient (Wildman–Crippen LogP) is 5.18. The molecule has 1 atom stereocenters. The van der Waals surface area contributed by atoms with Crippen LogP contribution in [-0.4, -0.2) is 26.0 Å². The first-order valence-corrected chi connectivity index (χ1v) is 12.8. The lowest BCUT2D eigenvalue weighted by atomic mass is 9.94. The molecule has 0 radical (unpaired) electrons. The summed E-state index contributed by atoms with van der Waals surface area (Å²) in [7, 11) is -3.96. The molecular weight excluding hydrogens is 462 g/mol. The number of carboxylic acids is 1. The Morgan fingerprint density at radius 2 is 1.77 bits per heavy atom. The summed E-state index contributed by atoms with van der Waals surface area (Å²) in [5.41, 5.74) is 2.93. The van der Waals surface area contributed by atoms with Crippen LogP contribution in [0.3, 0.4) is 0 Å². The SMILES string of the molecule is Cc1cccc(S(=O)(=O)N2CC(C(=O)O)Cc3ccc(OCc4ccc5ccccc5c4)cc32)c1. The fourth-order valence-corrected chi connectivity index (χ4v) is 6.10. The predicted molar refractivity (Wildman–Crippen MR) is 135 cm³/mol. The van der Waals surface area contributed by atoms with Crippen LogP contribution in [0.1, 0.15) is 16.7 Å². The van der Waals surface area contributed by atoms with Crippen LogP contribution in [0, 0.1) is 12.8 Å². The third kappa shape index (κ3) is 4.59. The van der Waals surface area contributed by atoms with Crippen LogP contribution in [0.4, 0.5) is 5.69 Å². The highest BCUT2D eigenvalue weighted by atomic mass is 32.2. The van der Waals surface area contributed by atoms with Gasteiger partial charge in [0.1, 0.15) is 12.4 Å². The minimum absolute atomic E-state index is 0.132. The van der Waals surface area contributed by atoms with Gasteiger partial charge in [-0.2, -0.15) is 0 Å². The Balaban J connectivity index is 1.47. The van der Waals surface area contributed by atoms with Gasteiger partial charge in [-0.05, 0) is 65.1 Å². The van der Waals surface area contributed by atoms with E-state index >= 15 is 0 Å². The molecular formula is C28H25NO5S. The van der Waals surface area contributed by atoms with Crippen molar-refractivity contribution in [2.45, 2.75) is 24.8 Å². The lowest BCUT2D eigenvalue weighted by molar-refractivity contribution is -0.141.